The second-order valence-electron chi connectivity index (χ2n) is 8.33. The summed E-state index contributed by atoms with van der Waals surface area (Å²) in [7, 11) is 1.26. The number of methoxy groups -OCH3 is 1. The van der Waals surface area contributed by atoms with Gasteiger partial charge in [-0.05, 0) is 50.3 Å². The number of Topliss-reactive ketones (excluding diaryl/α,β-unsaturated/α-hetero) is 1. The van der Waals surface area contributed by atoms with Crippen molar-refractivity contribution in [2.45, 2.75) is 52.6 Å². The monoisotopic (exact) mass is 479 g/mol. The fourth-order valence-electron chi connectivity index (χ4n) is 4.31. The SMILES string of the molecule is CC[C@@H](C)OC(=O)C1=C(C)NC2=C(C(=O)[C@H](C(=O)OC)[C@H](C)C2)[C@@H]1c1ccc(Cl)c(Cl)c1. The van der Waals surface area contributed by atoms with Crippen LogP contribution < -0.4 is 5.32 Å². The Kier molecular flexibility index (Phi) is 7.36. The number of nitrogens with one attached hydrogen (secondary N) is 1. The molecule has 6 nitrogen and oxygen atoms in total. The van der Waals surface area contributed by atoms with Gasteiger partial charge in [0.1, 0.15) is 5.92 Å². The predicted molar refractivity (Wildman–Crippen MR) is 122 cm³/mol. The van der Waals surface area contributed by atoms with Gasteiger partial charge in [0.25, 0.3) is 0 Å². The lowest BCUT2D eigenvalue weighted by Gasteiger charge is -2.38. The smallest absolute Gasteiger partial charge is 0.337 e. The van der Waals surface area contributed by atoms with E-state index in [9.17, 15) is 14.4 Å². The fourth-order valence-corrected chi connectivity index (χ4v) is 4.61. The lowest BCUT2D eigenvalue weighted by molar-refractivity contribution is -0.151. The van der Waals surface area contributed by atoms with Crippen molar-refractivity contribution in [3.05, 3.63) is 56.3 Å². The second-order valence-corrected chi connectivity index (χ2v) is 9.15. The van der Waals surface area contributed by atoms with Gasteiger partial charge >= 0.3 is 11.9 Å². The molecule has 1 N–H and O–H groups in total. The molecular formula is C24H27Cl2NO5. The molecule has 2 aliphatic rings. The molecule has 0 saturated heterocycles. The van der Waals surface area contributed by atoms with Gasteiger partial charge in [0.15, 0.2) is 5.78 Å². The molecule has 1 aromatic rings. The number of rotatable bonds is 5. The zero-order chi connectivity index (χ0) is 23.7. The van der Waals surface area contributed by atoms with Gasteiger partial charge in [-0.25, -0.2) is 4.79 Å². The van der Waals surface area contributed by atoms with Gasteiger partial charge in [0, 0.05) is 22.9 Å². The average molecular weight is 480 g/mol. The molecule has 0 fully saturated rings. The first-order chi connectivity index (χ1) is 15.1. The Morgan fingerprint density at radius 2 is 1.94 bits per heavy atom. The molecule has 1 aromatic carbocycles. The summed E-state index contributed by atoms with van der Waals surface area (Å²) in [6.07, 6.45) is 0.819. The van der Waals surface area contributed by atoms with Crippen LogP contribution >= 0.6 is 23.2 Å². The van der Waals surface area contributed by atoms with E-state index in [1.165, 1.54) is 7.11 Å². The maximum atomic E-state index is 13.6. The summed E-state index contributed by atoms with van der Waals surface area (Å²) in [5, 5.41) is 3.90. The Morgan fingerprint density at radius 1 is 1.25 bits per heavy atom. The van der Waals surface area contributed by atoms with Crippen LogP contribution in [0.1, 0.15) is 52.0 Å². The quantitative estimate of drug-likeness (QED) is 0.475. The van der Waals surface area contributed by atoms with E-state index in [-0.39, 0.29) is 17.8 Å². The molecule has 172 valence electrons. The molecule has 0 amide bonds. The third-order valence-electron chi connectivity index (χ3n) is 6.12. The molecule has 0 radical (unpaired) electrons. The van der Waals surface area contributed by atoms with Gasteiger partial charge in [-0.2, -0.15) is 0 Å². The van der Waals surface area contributed by atoms with Crippen LogP contribution in [0.4, 0.5) is 0 Å². The third-order valence-corrected chi connectivity index (χ3v) is 6.86. The Bertz CT molecular complexity index is 1030. The molecule has 0 unspecified atom stereocenters. The van der Waals surface area contributed by atoms with E-state index in [0.717, 1.165) is 0 Å². The summed E-state index contributed by atoms with van der Waals surface area (Å²) < 4.78 is 10.5. The van der Waals surface area contributed by atoms with E-state index >= 15 is 0 Å². The van der Waals surface area contributed by atoms with Gasteiger partial charge in [-0.1, -0.05) is 43.1 Å². The van der Waals surface area contributed by atoms with Gasteiger partial charge in [0.2, 0.25) is 0 Å². The largest absolute Gasteiger partial charge is 0.468 e. The summed E-state index contributed by atoms with van der Waals surface area (Å²) in [4.78, 5) is 39.3. The number of carbonyl (C=O) groups excluding carboxylic acids is 3. The summed E-state index contributed by atoms with van der Waals surface area (Å²) in [5.41, 5.74) is 2.59. The number of benzene rings is 1. The average Bonchev–Trinajstić information content (AvgIpc) is 2.74. The fraction of sp³-hybridized carbons (Fsp3) is 0.458. The first-order valence-corrected chi connectivity index (χ1v) is 11.3. The van der Waals surface area contributed by atoms with E-state index in [4.69, 9.17) is 32.7 Å². The molecule has 4 atom stereocenters. The van der Waals surface area contributed by atoms with Crippen LogP contribution in [-0.4, -0.2) is 30.9 Å². The van der Waals surface area contributed by atoms with Crippen molar-refractivity contribution >= 4 is 40.9 Å². The Labute approximate surface area is 197 Å². The van der Waals surface area contributed by atoms with E-state index in [1.54, 1.807) is 25.1 Å². The molecule has 8 heteroatoms. The minimum absolute atomic E-state index is 0.253. The van der Waals surface area contributed by atoms with Crippen LogP contribution in [0.3, 0.4) is 0 Å². The van der Waals surface area contributed by atoms with Crippen LogP contribution in [0.25, 0.3) is 0 Å². The highest BCUT2D eigenvalue weighted by Gasteiger charge is 2.47. The van der Waals surface area contributed by atoms with Crippen molar-refractivity contribution in [3.8, 4) is 0 Å². The van der Waals surface area contributed by atoms with Crippen molar-refractivity contribution in [1.82, 2.24) is 5.32 Å². The van der Waals surface area contributed by atoms with Gasteiger partial charge in [0.05, 0.1) is 28.8 Å². The summed E-state index contributed by atoms with van der Waals surface area (Å²) in [6, 6.07) is 5.01. The maximum Gasteiger partial charge on any atom is 0.337 e. The normalized spacial score (nSPS) is 24.0. The number of esters is 2. The van der Waals surface area contributed by atoms with E-state index in [2.05, 4.69) is 5.32 Å². The number of hydrogen-bond acceptors (Lipinski definition) is 6. The number of carbonyl (C=O) groups is 3. The number of hydrogen-bond donors (Lipinski definition) is 1. The van der Waals surface area contributed by atoms with Crippen LogP contribution in [0, 0.1) is 11.8 Å². The number of ketones is 1. The summed E-state index contributed by atoms with van der Waals surface area (Å²) in [5.74, 6) is -3.42. The van der Waals surface area contributed by atoms with E-state index in [0.29, 0.717) is 51.0 Å². The van der Waals surface area contributed by atoms with Crippen LogP contribution in [0.2, 0.25) is 10.0 Å². The predicted octanol–water partition coefficient (Wildman–Crippen LogP) is 4.95. The van der Waals surface area contributed by atoms with Crippen molar-refractivity contribution in [2.75, 3.05) is 7.11 Å². The minimum atomic E-state index is -0.948. The second kappa shape index (κ2) is 9.67. The standard InChI is InChI=1S/C24H27Cl2NO5/c1-6-12(3)32-24(30)19-13(4)27-17-9-11(2)18(23(29)31-5)22(28)21(17)20(19)14-7-8-15(25)16(26)10-14/h7-8,10-12,18,20,27H,6,9H2,1-5H3/t11-,12-,18-,20-/m1/s1. The van der Waals surface area contributed by atoms with Gasteiger partial charge < -0.3 is 14.8 Å². The van der Waals surface area contributed by atoms with Crippen LogP contribution in [0.5, 0.6) is 0 Å². The molecule has 0 saturated carbocycles. The molecule has 0 aromatic heterocycles. The highest BCUT2D eigenvalue weighted by molar-refractivity contribution is 6.42. The molecule has 3 rings (SSSR count). The van der Waals surface area contributed by atoms with Crippen molar-refractivity contribution in [3.63, 3.8) is 0 Å². The topological polar surface area (TPSA) is 81.7 Å². The van der Waals surface area contributed by atoms with Crippen molar-refractivity contribution in [2.24, 2.45) is 11.8 Å². The molecule has 1 aliphatic heterocycles. The number of halogens is 2. The Morgan fingerprint density at radius 3 is 2.53 bits per heavy atom. The zero-order valence-electron chi connectivity index (χ0n) is 18.8. The van der Waals surface area contributed by atoms with Crippen LogP contribution in [-0.2, 0) is 23.9 Å². The highest BCUT2D eigenvalue weighted by Crippen LogP contribution is 2.46. The lowest BCUT2D eigenvalue weighted by atomic mass is 9.69. The Hall–Kier alpha value is -2.31. The third kappa shape index (κ3) is 4.44. The zero-order valence-corrected chi connectivity index (χ0v) is 20.3. The van der Waals surface area contributed by atoms with Gasteiger partial charge in [-0.15, -0.1) is 0 Å². The number of allylic oxidation sites excluding steroid dienone is 3. The molecule has 32 heavy (non-hydrogen) atoms. The first kappa shape index (κ1) is 24.3. The van der Waals surface area contributed by atoms with Crippen molar-refractivity contribution < 1.29 is 23.9 Å². The number of ether oxygens (including phenoxy) is 2. The van der Waals surface area contributed by atoms with E-state index < -0.39 is 23.8 Å². The summed E-state index contributed by atoms with van der Waals surface area (Å²) >= 11 is 12.4. The minimum Gasteiger partial charge on any atom is -0.468 e. The maximum absolute atomic E-state index is 13.6. The molecular weight excluding hydrogens is 453 g/mol. The van der Waals surface area contributed by atoms with Gasteiger partial charge in [-0.3, -0.25) is 9.59 Å². The molecule has 1 heterocycles. The molecule has 1 aliphatic carbocycles. The molecule has 0 bridgehead atoms. The Balaban J connectivity index is 2.19. The highest BCUT2D eigenvalue weighted by atomic mass is 35.5. The number of dihydropyridines is 1. The first-order valence-electron chi connectivity index (χ1n) is 10.6. The van der Waals surface area contributed by atoms with Crippen molar-refractivity contribution in [1.29, 1.82) is 0 Å². The molecule has 0 spiro atoms. The van der Waals surface area contributed by atoms with Crippen LogP contribution in [0.15, 0.2) is 40.7 Å². The lowest BCUT2D eigenvalue weighted by Crippen LogP contribution is -2.43. The summed E-state index contributed by atoms with van der Waals surface area (Å²) in [6.45, 7) is 7.35. The van der Waals surface area contributed by atoms with E-state index in [1.807, 2.05) is 20.8 Å².